The van der Waals surface area contributed by atoms with Crippen molar-refractivity contribution in [1.82, 2.24) is 24.8 Å². The van der Waals surface area contributed by atoms with Gasteiger partial charge in [-0.3, -0.25) is 4.79 Å². The number of fused-ring (bicyclic) bond motifs is 1. The molecule has 0 amide bonds. The van der Waals surface area contributed by atoms with Crippen LogP contribution >= 0.6 is 0 Å². The average molecular weight is 318 g/mol. The van der Waals surface area contributed by atoms with Crippen molar-refractivity contribution in [2.24, 2.45) is 0 Å². The van der Waals surface area contributed by atoms with E-state index in [4.69, 9.17) is 0 Å². The number of anilines is 1. The van der Waals surface area contributed by atoms with Crippen molar-refractivity contribution in [1.29, 1.82) is 0 Å². The molecule has 4 aromatic rings. The van der Waals surface area contributed by atoms with Crippen molar-refractivity contribution in [2.75, 3.05) is 5.32 Å². The summed E-state index contributed by atoms with van der Waals surface area (Å²) in [6.07, 6.45) is 1.61. The molecule has 0 unspecified atom stereocenters. The van der Waals surface area contributed by atoms with Gasteiger partial charge in [0.15, 0.2) is 11.5 Å². The second-order valence-electron chi connectivity index (χ2n) is 5.26. The smallest absolute Gasteiger partial charge is 0.252 e. The first-order valence-electron chi connectivity index (χ1n) is 7.49. The molecule has 3 aromatic heterocycles. The Morgan fingerprint density at radius 1 is 1.00 bits per heavy atom. The van der Waals surface area contributed by atoms with Crippen LogP contribution in [-0.2, 0) is 6.54 Å². The Kier molecular flexibility index (Phi) is 3.51. The standard InChI is InChI=1S/C17H14N6O/c24-17-13(7-4-10-18-17)11-19-14-8-9-15-20-21-16(23(15)22-14)12-5-2-1-3-6-12/h1-10H,11H2,(H,18,24)(H,19,22). The molecule has 0 fully saturated rings. The summed E-state index contributed by atoms with van der Waals surface area (Å²) in [6.45, 7) is 0.386. The third-order valence-corrected chi connectivity index (χ3v) is 3.65. The Balaban J connectivity index is 1.66. The van der Waals surface area contributed by atoms with Gasteiger partial charge in [0.1, 0.15) is 5.82 Å². The molecule has 3 heterocycles. The number of aromatic nitrogens is 5. The van der Waals surface area contributed by atoms with E-state index in [1.807, 2.05) is 42.5 Å². The number of hydrogen-bond acceptors (Lipinski definition) is 5. The summed E-state index contributed by atoms with van der Waals surface area (Å²) in [5.41, 5.74) is 2.14. The van der Waals surface area contributed by atoms with E-state index < -0.39 is 0 Å². The largest absolute Gasteiger partial charge is 0.364 e. The maximum absolute atomic E-state index is 11.7. The van der Waals surface area contributed by atoms with Crippen LogP contribution in [0, 0.1) is 0 Å². The fourth-order valence-corrected chi connectivity index (χ4v) is 2.43. The number of H-pyrrole nitrogens is 1. The molecule has 0 aliphatic rings. The number of benzene rings is 1. The van der Waals surface area contributed by atoms with Gasteiger partial charge in [-0.2, -0.15) is 4.52 Å². The van der Waals surface area contributed by atoms with Crippen molar-refractivity contribution in [2.45, 2.75) is 6.54 Å². The zero-order valence-corrected chi connectivity index (χ0v) is 12.7. The minimum absolute atomic E-state index is 0.111. The van der Waals surface area contributed by atoms with Gasteiger partial charge in [-0.15, -0.1) is 15.3 Å². The highest BCUT2D eigenvalue weighted by Crippen LogP contribution is 2.17. The van der Waals surface area contributed by atoms with Crippen molar-refractivity contribution in [3.63, 3.8) is 0 Å². The summed E-state index contributed by atoms with van der Waals surface area (Å²) in [7, 11) is 0. The first kappa shape index (κ1) is 14.1. The van der Waals surface area contributed by atoms with Crippen LogP contribution in [0.15, 0.2) is 65.6 Å². The molecule has 7 heteroatoms. The molecule has 0 bridgehead atoms. The molecular weight excluding hydrogens is 304 g/mol. The van der Waals surface area contributed by atoms with Crippen LogP contribution in [0.25, 0.3) is 17.0 Å². The van der Waals surface area contributed by atoms with E-state index in [1.54, 1.807) is 22.8 Å². The Labute approximate surface area is 137 Å². The lowest BCUT2D eigenvalue weighted by Crippen LogP contribution is -2.15. The Morgan fingerprint density at radius 2 is 1.88 bits per heavy atom. The molecule has 1 aromatic carbocycles. The fraction of sp³-hybridized carbons (Fsp3) is 0.0588. The molecule has 0 aliphatic heterocycles. The lowest BCUT2D eigenvalue weighted by Gasteiger charge is -2.06. The Morgan fingerprint density at radius 3 is 2.71 bits per heavy atom. The number of hydrogen-bond donors (Lipinski definition) is 2. The summed E-state index contributed by atoms with van der Waals surface area (Å²) in [6, 6.07) is 17.0. The monoisotopic (exact) mass is 318 g/mol. The number of pyridine rings is 1. The van der Waals surface area contributed by atoms with Gasteiger partial charge < -0.3 is 10.3 Å². The van der Waals surface area contributed by atoms with Gasteiger partial charge in [-0.1, -0.05) is 36.4 Å². The Hall–Kier alpha value is -3.48. The molecule has 0 atom stereocenters. The zero-order chi connectivity index (χ0) is 16.4. The number of rotatable bonds is 4. The molecule has 0 saturated carbocycles. The maximum Gasteiger partial charge on any atom is 0.252 e. The first-order chi connectivity index (χ1) is 11.8. The summed E-state index contributed by atoms with van der Waals surface area (Å²) >= 11 is 0. The highest BCUT2D eigenvalue weighted by Gasteiger charge is 2.09. The van der Waals surface area contributed by atoms with E-state index in [-0.39, 0.29) is 5.56 Å². The molecule has 118 valence electrons. The SMILES string of the molecule is O=c1[nH]cccc1CNc1ccc2nnc(-c3ccccc3)n2n1. The Bertz CT molecular complexity index is 1040. The third-order valence-electron chi connectivity index (χ3n) is 3.65. The van der Waals surface area contributed by atoms with E-state index >= 15 is 0 Å². The van der Waals surface area contributed by atoms with Crippen molar-refractivity contribution in [3.05, 3.63) is 76.7 Å². The van der Waals surface area contributed by atoms with E-state index in [2.05, 4.69) is 25.6 Å². The fourth-order valence-electron chi connectivity index (χ4n) is 2.43. The third kappa shape index (κ3) is 2.63. The molecule has 0 aliphatic carbocycles. The highest BCUT2D eigenvalue weighted by atomic mass is 16.1. The van der Waals surface area contributed by atoms with Gasteiger partial charge in [-0.25, -0.2) is 0 Å². The minimum Gasteiger partial charge on any atom is -0.364 e. The minimum atomic E-state index is -0.111. The molecular formula is C17H14N6O. The zero-order valence-electron chi connectivity index (χ0n) is 12.7. The van der Waals surface area contributed by atoms with E-state index in [9.17, 15) is 4.79 Å². The van der Waals surface area contributed by atoms with Crippen LogP contribution in [0.1, 0.15) is 5.56 Å². The number of nitrogens with one attached hydrogen (secondary N) is 2. The van der Waals surface area contributed by atoms with Gasteiger partial charge in [0, 0.05) is 23.9 Å². The van der Waals surface area contributed by atoms with E-state index in [1.165, 1.54) is 0 Å². The predicted molar refractivity (Wildman–Crippen MR) is 90.6 cm³/mol. The van der Waals surface area contributed by atoms with E-state index in [0.29, 0.717) is 29.4 Å². The molecule has 7 nitrogen and oxygen atoms in total. The molecule has 0 saturated heterocycles. The van der Waals surface area contributed by atoms with E-state index in [0.717, 1.165) is 5.56 Å². The van der Waals surface area contributed by atoms with Crippen LogP contribution in [-0.4, -0.2) is 24.8 Å². The van der Waals surface area contributed by atoms with Gasteiger partial charge in [0.05, 0.1) is 0 Å². The van der Waals surface area contributed by atoms with Crippen LogP contribution in [0.4, 0.5) is 5.82 Å². The van der Waals surface area contributed by atoms with Gasteiger partial charge in [0.25, 0.3) is 5.56 Å². The summed E-state index contributed by atoms with van der Waals surface area (Å²) in [5, 5.41) is 16.0. The molecule has 2 N–H and O–H groups in total. The molecule has 0 spiro atoms. The summed E-state index contributed by atoms with van der Waals surface area (Å²) in [4.78, 5) is 14.4. The number of aromatic amines is 1. The van der Waals surface area contributed by atoms with Gasteiger partial charge in [0.2, 0.25) is 0 Å². The topological polar surface area (TPSA) is 88.0 Å². The number of nitrogens with zero attached hydrogens (tertiary/aromatic N) is 4. The molecule has 0 radical (unpaired) electrons. The highest BCUT2D eigenvalue weighted by molar-refractivity contribution is 5.59. The van der Waals surface area contributed by atoms with Gasteiger partial charge >= 0.3 is 0 Å². The van der Waals surface area contributed by atoms with Gasteiger partial charge in [-0.05, 0) is 18.2 Å². The average Bonchev–Trinajstić information content (AvgIpc) is 3.05. The van der Waals surface area contributed by atoms with Crippen molar-refractivity contribution in [3.8, 4) is 11.4 Å². The lowest BCUT2D eigenvalue weighted by atomic mass is 10.2. The van der Waals surface area contributed by atoms with Crippen LogP contribution in [0.2, 0.25) is 0 Å². The predicted octanol–water partition coefficient (Wildman–Crippen LogP) is 2.09. The van der Waals surface area contributed by atoms with Crippen LogP contribution in [0.3, 0.4) is 0 Å². The maximum atomic E-state index is 11.7. The first-order valence-corrected chi connectivity index (χ1v) is 7.49. The molecule has 4 rings (SSSR count). The summed E-state index contributed by atoms with van der Waals surface area (Å²) in [5.74, 6) is 1.31. The quantitative estimate of drug-likeness (QED) is 0.601. The normalized spacial score (nSPS) is 10.8. The lowest BCUT2D eigenvalue weighted by molar-refractivity contribution is 0.922. The summed E-state index contributed by atoms with van der Waals surface area (Å²) < 4.78 is 1.69. The van der Waals surface area contributed by atoms with Crippen LogP contribution < -0.4 is 10.9 Å². The van der Waals surface area contributed by atoms with Crippen molar-refractivity contribution < 1.29 is 0 Å². The second-order valence-corrected chi connectivity index (χ2v) is 5.26. The molecule has 24 heavy (non-hydrogen) atoms. The second kappa shape index (κ2) is 5.96. The van der Waals surface area contributed by atoms with Crippen molar-refractivity contribution >= 4 is 11.5 Å². The van der Waals surface area contributed by atoms with Crippen LogP contribution in [0.5, 0.6) is 0 Å².